The number of carboxylic acids is 1. The maximum absolute atomic E-state index is 15.1. The van der Waals surface area contributed by atoms with E-state index in [-0.39, 0.29) is 115 Å². The molecule has 3 aromatic carbocycles. The summed E-state index contributed by atoms with van der Waals surface area (Å²) in [7, 11) is 0. The number of amides is 14. The van der Waals surface area contributed by atoms with E-state index in [1.54, 1.807) is 76.6 Å². The number of imidazole rings is 1. The Morgan fingerprint density at radius 1 is 0.500 bits per heavy atom. The summed E-state index contributed by atoms with van der Waals surface area (Å²) in [6.45, 7) is 8.55. The van der Waals surface area contributed by atoms with Crippen LogP contribution in [0.3, 0.4) is 0 Å². The summed E-state index contributed by atoms with van der Waals surface area (Å²) in [4.78, 5) is 227. The number of rotatable bonds is 48. The van der Waals surface area contributed by atoms with Gasteiger partial charge in [-0.2, -0.15) is 0 Å². The van der Waals surface area contributed by atoms with Crippen molar-refractivity contribution in [2.75, 3.05) is 31.9 Å². The number of para-hydroxylation sites is 2. The maximum atomic E-state index is 15.1. The topological polar surface area (TPSA) is 593 Å². The van der Waals surface area contributed by atoms with Crippen LogP contribution in [0.4, 0.5) is 5.69 Å². The zero-order valence-electron chi connectivity index (χ0n) is 68.6. The van der Waals surface area contributed by atoms with E-state index in [1.807, 2.05) is 49.4 Å². The summed E-state index contributed by atoms with van der Waals surface area (Å²) in [5.41, 5.74) is 33.8. The number of benzene rings is 3. The van der Waals surface area contributed by atoms with E-state index in [0.717, 1.165) is 27.4 Å². The molecule has 0 saturated carbocycles. The third kappa shape index (κ3) is 27.7. The first-order valence-electron chi connectivity index (χ1n) is 41.1. The van der Waals surface area contributed by atoms with Crippen molar-refractivity contribution in [3.63, 3.8) is 0 Å². The highest BCUT2D eigenvalue weighted by Crippen LogP contribution is 2.26. The minimum absolute atomic E-state index is 0.0161. The van der Waals surface area contributed by atoms with Crippen molar-refractivity contribution in [2.45, 2.75) is 236 Å². The Hall–Kier alpha value is -12.3. The molecule has 120 heavy (non-hydrogen) atoms. The lowest BCUT2D eigenvalue weighted by Crippen LogP contribution is -2.61. The Morgan fingerprint density at radius 2 is 0.958 bits per heavy atom. The molecule has 37 heteroatoms. The van der Waals surface area contributed by atoms with E-state index in [1.165, 1.54) is 16.1 Å². The molecule has 0 spiro atoms. The van der Waals surface area contributed by atoms with Gasteiger partial charge in [0.15, 0.2) is 0 Å². The number of anilines is 1. The van der Waals surface area contributed by atoms with Crippen LogP contribution in [0.1, 0.15) is 160 Å². The van der Waals surface area contributed by atoms with Crippen molar-refractivity contribution >= 4 is 116 Å². The predicted molar refractivity (Wildman–Crippen MR) is 445 cm³/mol. The predicted octanol–water partition coefficient (Wildman–Crippen LogP) is 0.0408. The molecule has 0 radical (unpaired) electrons. The van der Waals surface area contributed by atoms with E-state index < -0.39 is 174 Å². The zero-order valence-corrected chi connectivity index (χ0v) is 68.6. The van der Waals surface area contributed by atoms with Gasteiger partial charge in [-0.25, -0.2) is 9.78 Å². The molecule has 8 rings (SSSR count). The Bertz CT molecular complexity index is 4550. The van der Waals surface area contributed by atoms with E-state index in [0.29, 0.717) is 61.0 Å². The molecule has 6 aromatic rings. The Morgan fingerprint density at radius 3 is 1.48 bits per heavy atom. The van der Waals surface area contributed by atoms with Gasteiger partial charge in [-0.15, -0.1) is 0 Å². The van der Waals surface area contributed by atoms with Crippen molar-refractivity contribution in [2.24, 2.45) is 34.8 Å². The maximum Gasteiger partial charge on any atom is 0.326 e. The number of H-pyrrole nitrogens is 3. The van der Waals surface area contributed by atoms with Crippen molar-refractivity contribution in [3.05, 3.63) is 120 Å². The summed E-state index contributed by atoms with van der Waals surface area (Å²) in [6, 6.07) is 5.31. The molecule has 650 valence electrons. The fourth-order valence-electron chi connectivity index (χ4n) is 14.9. The molecule has 0 bridgehead atoms. The van der Waals surface area contributed by atoms with Gasteiger partial charge in [-0.3, -0.25) is 67.1 Å². The van der Waals surface area contributed by atoms with Gasteiger partial charge in [0, 0.05) is 91.3 Å². The van der Waals surface area contributed by atoms with Crippen molar-refractivity contribution < 1.29 is 77.0 Å². The van der Waals surface area contributed by atoms with Crippen LogP contribution in [-0.2, 0) is 97.6 Å². The molecule has 0 unspecified atom stereocenters. The lowest BCUT2D eigenvalue weighted by molar-refractivity contribution is -0.144. The van der Waals surface area contributed by atoms with Gasteiger partial charge in [0.05, 0.1) is 24.6 Å². The van der Waals surface area contributed by atoms with E-state index in [2.05, 4.69) is 73.1 Å². The molecule has 2 aliphatic rings. The number of carbonyl (C=O) groups is 15. The van der Waals surface area contributed by atoms with Crippen LogP contribution in [-0.4, -0.2) is 222 Å². The molecular formula is C83H117N21O16. The molecular weight excluding hydrogens is 1550 g/mol. The highest BCUT2D eigenvalue weighted by Gasteiger charge is 2.43. The zero-order chi connectivity index (χ0) is 87.3. The fraction of sp³-hybridized carbons (Fsp3) is 0.518. The van der Waals surface area contributed by atoms with E-state index in [9.17, 15) is 72.2 Å². The number of aromatic nitrogens is 4. The number of carbonyl (C=O) groups excluding carboxylic acids is 14. The number of nitrogens with one attached hydrogen (secondary N) is 13. The standard InChI is InChI=1S/C83H117N21O16/c1-6-7-18-58(73(109)102-66(83(119)120)37-48-24-26-51(85)27-25-48)96-80(116)68-23-15-34-104(68)82(118)61(29-31-70(88)106)94-71(107)44-92-79(115)67-22-14-33-103(67)81(117)60(21-12-13-32-84)97-76(112)63(36-47(4)5)99-74(110)59(28-30-69(87)105)95-75(111)62(35-46(2)3)100-77(113)64(39-50-42-91-57-20-11-9-17-54(50)57)101-78(114)65(40-52-43-89-45-93-52)98-72(108)55(86)38-49-41-90-56-19-10-8-16-53(49)56/h8-11,16-17,19-20,24-27,41-43,45-47,55,58-68,90-91H,6-7,12-15,18,21-23,28-40,44,84-86H2,1-5H3,(H2,87,105)(H2,88,106)(H,89,93)(H,92,115)(H,94,107)(H,95,111)(H,96,116)(H,97,112)(H,98,108)(H,99,110)(H,100,113)(H,101,114)(H,102,109)(H,119,120)/t55-,58-,59-,60-,61-,62-,63-,64-,65-,66-,67-,68-/m0/s1. The number of aliphatic carboxylic acids is 1. The Balaban J connectivity index is 0.926. The highest BCUT2D eigenvalue weighted by molar-refractivity contribution is 6.01. The second-order valence-corrected chi connectivity index (χ2v) is 31.7. The summed E-state index contributed by atoms with van der Waals surface area (Å²) < 4.78 is 0. The van der Waals surface area contributed by atoms with E-state index in [4.69, 9.17) is 28.7 Å². The molecule has 2 saturated heterocycles. The SMILES string of the molecule is CCCC[C@H](NC(=O)[C@@H]1CCCN1C(=O)[C@H](CCC(N)=O)NC(=O)CNC(=O)[C@@H]1CCCN1C(=O)[C@H](CCCCN)NC(=O)[C@H](CC(C)C)NC(=O)[C@H](CCC(N)=O)NC(=O)[C@H](CC(C)C)NC(=O)[C@H](Cc1c[nH]c2ccccc12)NC(=O)[C@H](Cc1c[nH]cn1)NC(=O)[C@@H](N)Cc1c[nH]c2ccccc12)C(=O)N[C@@H](Cc1ccc(N)cc1)C(=O)O. The van der Waals surface area contributed by atoms with E-state index >= 15 is 4.79 Å². The lowest BCUT2D eigenvalue weighted by atomic mass is 9.99. The average Bonchev–Trinajstić information content (AvgIpc) is 1.67. The number of unbranched alkanes of at least 4 members (excludes halogenated alkanes) is 2. The summed E-state index contributed by atoms with van der Waals surface area (Å²) in [5, 5.41) is 38.6. The molecule has 2 fully saturated rings. The monoisotopic (exact) mass is 1660 g/mol. The van der Waals surface area contributed by atoms with Crippen LogP contribution in [0.5, 0.6) is 0 Å². The minimum Gasteiger partial charge on any atom is -0.480 e. The molecule has 37 nitrogen and oxygen atoms in total. The smallest absolute Gasteiger partial charge is 0.326 e. The van der Waals surface area contributed by atoms with Gasteiger partial charge >= 0.3 is 5.97 Å². The Labute approximate surface area is 695 Å². The summed E-state index contributed by atoms with van der Waals surface area (Å²) in [6.07, 6.45) is 7.48. The molecule has 0 aliphatic carbocycles. The summed E-state index contributed by atoms with van der Waals surface area (Å²) in [5.74, 6) is -13.1. The molecule has 5 heterocycles. The van der Waals surface area contributed by atoms with Crippen LogP contribution in [0.25, 0.3) is 21.8 Å². The normalized spacial score (nSPS) is 16.4. The molecule has 12 atom stereocenters. The highest BCUT2D eigenvalue weighted by atomic mass is 16.4. The molecule has 2 aliphatic heterocycles. The van der Waals surface area contributed by atoms with Crippen LogP contribution in [0.15, 0.2) is 97.7 Å². The third-order valence-corrected chi connectivity index (χ3v) is 21.3. The molecule has 24 N–H and O–H groups in total. The average molecular weight is 1660 g/mol. The largest absolute Gasteiger partial charge is 0.480 e. The number of fused-ring (bicyclic) bond motifs is 2. The van der Waals surface area contributed by atoms with Crippen LogP contribution in [0.2, 0.25) is 0 Å². The van der Waals surface area contributed by atoms with Gasteiger partial charge in [0.25, 0.3) is 0 Å². The third-order valence-electron chi connectivity index (χ3n) is 21.3. The van der Waals surface area contributed by atoms with Gasteiger partial charge in [-0.05, 0) is 143 Å². The van der Waals surface area contributed by atoms with Gasteiger partial charge < -0.3 is 112 Å². The van der Waals surface area contributed by atoms with Crippen molar-refractivity contribution in [1.82, 2.24) is 82.9 Å². The number of aromatic amines is 3. The van der Waals surface area contributed by atoms with Crippen molar-refractivity contribution in [3.8, 4) is 0 Å². The second kappa shape index (κ2) is 45.6. The number of nitrogen functional groups attached to an aromatic ring is 1. The van der Waals surface area contributed by atoms with Crippen molar-refractivity contribution in [1.29, 1.82) is 0 Å². The van der Waals surface area contributed by atoms with Gasteiger partial charge in [0.1, 0.15) is 66.5 Å². The van der Waals surface area contributed by atoms with Crippen LogP contribution < -0.4 is 81.8 Å². The van der Waals surface area contributed by atoms with Crippen LogP contribution >= 0.6 is 0 Å². The lowest BCUT2D eigenvalue weighted by Gasteiger charge is -2.31. The van der Waals surface area contributed by atoms with Crippen LogP contribution in [0, 0.1) is 11.8 Å². The second-order valence-electron chi connectivity index (χ2n) is 31.7. The first-order valence-corrected chi connectivity index (χ1v) is 41.1. The number of nitrogens with zero attached hydrogens (tertiary/aromatic N) is 3. The number of hydrogen-bond acceptors (Lipinski definition) is 19. The number of primary amides is 2. The number of likely N-dealkylation sites (tertiary alicyclic amines) is 2. The first kappa shape index (κ1) is 93.2. The van der Waals surface area contributed by atoms with Gasteiger partial charge in [-0.1, -0.05) is 96.0 Å². The number of nitrogens with two attached hydrogens (primary N) is 5. The quantitative estimate of drug-likeness (QED) is 0.0177. The Kier molecular flexibility index (Phi) is 35.4. The number of carboxylic acid groups (broad SMARTS) is 1. The summed E-state index contributed by atoms with van der Waals surface area (Å²) >= 11 is 0. The minimum atomic E-state index is -1.58. The van der Waals surface area contributed by atoms with Gasteiger partial charge in [0.2, 0.25) is 82.7 Å². The first-order chi connectivity index (χ1) is 57.3. The molecule has 3 aromatic heterocycles. The molecule has 14 amide bonds. The number of hydrogen-bond donors (Lipinski definition) is 19. The fourth-order valence-corrected chi connectivity index (χ4v) is 14.9.